The van der Waals surface area contributed by atoms with Crippen LogP contribution in [0.15, 0.2) is 24.3 Å². The van der Waals surface area contributed by atoms with Crippen molar-refractivity contribution in [3.8, 4) is 0 Å². The highest BCUT2D eigenvalue weighted by molar-refractivity contribution is 6.30. The lowest BCUT2D eigenvalue weighted by molar-refractivity contribution is -0.119. The van der Waals surface area contributed by atoms with Gasteiger partial charge in [0.2, 0.25) is 5.91 Å². The summed E-state index contributed by atoms with van der Waals surface area (Å²) in [6.45, 7) is 1.94. The Labute approximate surface area is 99.6 Å². The van der Waals surface area contributed by atoms with E-state index in [1.807, 2.05) is 31.2 Å². The monoisotopic (exact) mass is 245 g/mol. The van der Waals surface area contributed by atoms with E-state index >= 15 is 0 Å². The zero-order valence-corrected chi connectivity index (χ0v) is 9.98. The van der Waals surface area contributed by atoms with Gasteiger partial charge in [-0.25, -0.2) is 0 Å². The SMILES string of the molecule is CC(Cc1ccc(Cl)cc1)NC(=O)CCl. The zero-order valence-electron chi connectivity index (χ0n) is 8.47. The van der Waals surface area contributed by atoms with Gasteiger partial charge in [0.15, 0.2) is 0 Å². The molecule has 0 spiro atoms. The van der Waals surface area contributed by atoms with Crippen molar-refractivity contribution in [3.05, 3.63) is 34.9 Å². The van der Waals surface area contributed by atoms with Crippen LogP contribution in [0.4, 0.5) is 0 Å². The fourth-order valence-corrected chi connectivity index (χ4v) is 1.54. The molecule has 2 nitrogen and oxygen atoms in total. The van der Waals surface area contributed by atoms with Gasteiger partial charge in [-0.05, 0) is 31.0 Å². The van der Waals surface area contributed by atoms with Gasteiger partial charge < -0.3 is 5.32 Å². The molecule has 0 bridgehead atoms. The molecule has 82 valence electrons. The van der Waals surface area contributed by atoms with Crippen molar-refractivity contribution in [2.45, 2.75) is 19.4 Å². The van der Waals surface area contributed by atoms with Crippen LogP contribution in [0.1, 0.15) is 12.5 Å². The zero-order chi connectivity index (χ0) is 11.3. The van der Waals surface area contributed by atoms with Crippen molar-refractivity contribution in [3.63, 3.8) is 0 Å². The van der Waals surface area contributed by atoms with Crippen LogP contribution in [-0.2, 0) is 11.2 Å². The Morgan fingerprint density at radius 3 is 2.53 bits per heavy atom. The molecule has 0 saturated heterocycles. The van der Waals surface area contributed by atoms with Crippen LogP contribution in [0.3, 0.4) is 0 Å². The number of hydrogen-bond acceptors (Lipinski definition) is 1. The van der Waals surface area contributed by atoms with Crippen LogP contribution in [0.2, 0.25) is 5.02 Å². The Hall–Kier alpha value is -0.730. The first-order valence-electron chi connectivity index (χ1n) is 4.71. The van der Waals surface area contributed by atoms with E-state index in [0.29, 0.717) is 0 Å². The lowest BCUT2D eigenvalue weighted by Gasteiger charge is -2.12. The molecule has 0 aliphatic carbocycles. The average Bonchev–Trinajstić information content (AvgIpc) is 2.21. The normalized spacial score (nSPS) is 12.2. The van der Waals surface area contributed by atoms with E-state index in [-0.39, 0.29) is 17.8 Å². The molecule has 1 rings (SSSR count). The lowest BCUT2D eigenvalue weighted by atomic mass is 10.1. The smallest absolute Gasteiger partial charge is 0.235 e. The van der Waals surface area contributed by atoms with Crippen molar-refractivity contribution >= 4 is 29.1 Å². The van der Waals surface area contributed by atoms with Crippen LogP contribution in [0.5, 0.6) is 0 Å². The van der Waals surface area contributed by atoms with Crippen molar-refractivity contribution < 1.29 is 4.79 Å². The Balaban J connectivity index is 2.47. The van der Waals surface area contributed by atoms with E-state index in [0.717, 1.165) is 17.0 Å². The van der Waals surface area contributed by atoms with Crippen molar-refractivity contribution in [2.75, 3.05) is 5.88 Å². The number of carbonyl (C=O) groups is 1. The molecular weight excluding hydrogens is 233 g/mol. The highest BCUT2D eigenvalue weighted by Crippen LogP contribution is 2.10. The molecule has 0 aromatic heterocycles. The largest absolute Gasteiger partial charge is 0.352 e. The van der Waals surface area contributed by atoms with Gasteiger partial charge in [-0.3, -0.25) is 4.79 Å². The molecule has 4 heteroatoms. The third kappa shape index (κ3) is 4.54. The summed E-state index contributed by atoms with van der Waals surface area (Å²) < 4.78 is 0. The van der Waals surface area contributed by atoms with Crippen LogP contribution in [0.25, 0.3) is 0 Å². The van der Waals surface area contributed by atoms with Crippen molar-refractivity contribution in [1.29, 1.82) is 0 Å². The molecule has 1 amide bonds. The molecule has 0 saturated carbocycles. The number of nitrogens with one attached hydrogen (secondary N) is 1. The first kappa shape index (κ1) is 12.3. The second kappa shape index (κ2) is 5.99. The highest BCUT2D eigenvalue weighted by atomic mass is 35.5. The summed E-state index contributed by atoms with van der Waals surface area (Å²) in [5, 5.41) is 3.51. The Morgan fingerprint density at radius 2 is 2.00 bits per heavy atom. The van der Waals surface area contributed by atoms with Gasteiger partial charge in [0.1, 0.15) is 5.88 Å². The maximum Gasteiger partial charge on any atom is 0.235 e. The van der Waals surface area contributed by atoms with Gasteiger partial charge >= 0.3 is 0 Å². The van der Waals surface area contributed by atoms with E-state index in [1.54, 1.807) is 0 Å². The Kier molecular flexibility index (Phi) is 4.92. The summed E-state index contributed by atoms with van der Waals surface area (Å²) in [7, 11) is 0. The minimum atomic E-state index is -0.141. The number of alkyl halides is 1. The van der Waals surface area contributed by atoms with Gasteiger partial charge in [0.05, 0.1) is 0 Å². The molecule has 1 aromatic rings. The van der Waals surface area contributed by atoms with Crippen LogP contribution in [0, 0.1) is 0 Å². The maximum absolute atomic E-state index is 11.0. The predicted molar refractivity (Wildman–Crippen MR) is 63.5 cm³/mol. The Bertz CT molecular complexity index is 324. The molecule has 0 aliphatic rings. The second-order valence-corrected chi connectivity index (χ2v) is 4.14. The van der Waals surface area contributed by atoms with E-state index in [9.17, 15) is 4.79 Å². The van der Waals surface area contributed by atoms with Gasteiger partial charge in [0.25, 0.3) is 0 Å². The predicted octanol–water partition coefficient (Wildman–Crippen LogP) is 2.63. The lowest BCUT2D eigenvalue weighted by Crippen LogP contribution is -2.34. The van der Waals surface area contributed by atoms with Crippen LogP contribution in [-0.4, -0.2) is 17.8 Å². The third-order valence-electron chi connectivity index (χ3n) is 1.98. The number of rotatable bonds is 4. The number of amides is 1. The first-order chi connectivity index (χ1) is 7.11. The van der Waals surface area contributed by atoms with Crippen molar-refractivity contribution in [2.24, 2.45) is 0 Å². The molecule has 1 atom stereocenters. The van der Waals surface area contributed by atoms with E-state index in [1.165, 1.54) is 0 Å². The van der Waals surface area contributed by atoms with Gasteiger partial charge in [-0.1, -0.05) is 23.7 Å². The topological polar surface area (TPSA) is 29.1 Å². The van der Waals surface area contributed by atoms with Gasteiger partial charge in [-0.2, -0.15) is 0 Å². The number of carbonyl (C=O) groups excluding carboxylic acids is 1. The molecular formula is C11H13Cl2NO. The summed E-state index contributed by atoms with van der Waals surface area (Å²) >= 11 is 11.2. The second-order valence-electron chi connectivity index (χ2n) is 3.43. The summed E-state index contributed by atoms with van der Waals surface area (Å²) in [5.41, 5.74) is 1.14. The van der Waals surface area contributed by atoms with E-state index in [2.05, 4.69) is 5.32 Å². The summed E-state index contributed by atoms with van der Waals surface area (Å²) in [6.07, 6.45) is 0.778. The molecule has 1 unspecified atom stereocenters. The average molecular weight is 246 g/mol. The first-order valence-corrected chi connectivity index (χ1v) is 5.63. The van der Waals surface area contributed by atoms with Crippen LogP contribution < -0.4 is 5.32 Å². The third-order valence-corrected chi connectivity index (χ3v) is 2.48. The minimum absolute atomic E-state index is 0.00492. The van der Waals surface area contributed by atoms with E-state index < -0.39 is 0 Å². The molecule has 0 fully saturated rings. The molecule has 0 radical (unpaired) electrons. The number of benzene rings is 1. The summed E-state index contributed by atoms with van der Waals surface area (Å²) in [5.74, 6) is -0.136. The van der Waals surface area contributed by atoms with Crippen molar-refractivity contribution in [1.82, 2.24) is 5.32 Å². The summed E-state index contributed by atoms with van der Waals surface area (Å²) in [4.78, 5) is 11.0. The van der Waals surface area contributed by atoms with Crippen LogP contribution >= 0.6 is 23.2 Å². The molecule has 1 N–H and O–H groups in total. The molecule has 1 aromatic carbocycles. The minimum Gasteiger partial charge on any atom is -0.352 e. The quantitative estimate of drug-likeness (QED) is 0.813. The fourth-order valence-electron chi connectivity index (χ4n) is 1.34. The standard InChI is InChI=1S/C11H13Cl2NO/c1-8(14-11(15)7-12)6-9-2-4-10(13)5-3-9/h2-5,8H,6-7H2,1H3,(H,14,15). The molecule has 15 heavy (non-hydrogen) atoms. The molecule has 0 aliphatic heterocycles. The Morgan fingerprint density at radius 1 is 1.40 bits per heavy atom. The van der Waals surface area contributed by atoms with E-state index in [4.69, 9.17) is 23.2 Å². The van der Waals surface area contributed by atoms with Gasteiger partial charge in [-0.15, -0.1) is 11.6 Å². The number of hydrogen-bond donors (Lipinski definition) is 1. The highest BCUT2D eigenvalue weighted by Gasteiger charge is 2.06. The summed E-state index contributed by atoms with van der Waals surface area (Å²) in [6, 6.07) is 7.66. The number of halogens is 2. The maximum atomic E-state index is 11.0. The molecule has 0 heterocycles. The fraction of sp³-hybridized carbons (Fsp3) is 0.364. The van der Waals surface area contributed by atoms with Gasteiger partial charge in [0, 0.05) is 11.1 Å².